The van der Waals surface area contributed by atoms with E-state index in [9.17, 15) is 0 Å². The Bertz CT molecular complexity index is 751. The first-order chi connectivity index (χ1) is 8.36. The van der Waals surface area contributed by atoms with E-state index < -0.39 is 0 Å². The fraction of sp³-hybridized carbons (Fsp3) is 0. The molecule has 0 heterocycles. The van der Waals surface area contributed by atoms with Crippen LogP contribution in [0, 0.1) is 0 Å². The summed E-state index contributed by atoms with van der Waals surface area (Å²) in [6.07, 6.45) is 0. The van der Waals surface area contributed by atoms with Gasteiger partial charge in [-0.15, -0.1) is 0 Å². The van der Waals surface area contributed by atoms with Crippen LogP contribution in [0.5, 0.6) is 0 Å². The first-order valence-corrected chi connectivity index (χ1v) is 5.77. The molecule has 1 aliphatic rings. The Kier molecular flexibility index (Phi) is 1.60. The van der Waals surface area contributed by atoms with Gasteiger partial charge in [0.1, 0.15) is 7.85 Å². The number of hydrogen-bond donors (Lipinski definition) is 0. The summed E-state index contributed by atoms with van der Waals surface area (Å²) in [5.41, 5.74) is 5.90. The molecule has 0 saturated heterocycles. The van der Waals surface area contributed by atoms with Gasteiger partial charge in [0.2, 0.25) is 0 Å². The third-order valence-corrected chi connectivity index (χ3v) is 3.56. The van der Waals surface area contributed by atoms with Crippen LogP contribution in [0.1, 0.15) is 0 Å². The second kappa shape index (κ2) is 3.01. The van der Waals surface area contributed by atoms with Crippen molar-refractivity contribution in [3.63, 3.8) is 0 Å². The smallest absolute Gasteiger partial charge is 0.0883 e. The summed E-state index contributed by atoms with van der Waals surface area (Å²) in [5.74, 6) is 0. The van der Waals surface area contributed by atoms with Crippen LogP contribution in [-0.4, -0.2) is 7.85 Å². The monoisotopic (exact) mass is 212 g/mol. The van der Waals surface area contributed by atoms with E-state index in [-0.39, 0.29) is 0 Å². The summed E-state index contributed by atoms with van der Waals surface area (Å²) >= 11 is 0. The van der Waals surface area contributed by atoms with Gasteiger partial charge in [0, 0.05) is 0 Å². The van der Waals surface area contributed by atoms with Gasteiger partial charge in [-0.2, -0.15) is 0 Å². The van der Waals surface area contributed by atoms with Crippen LogP contribution in [0.2, 0.25) is 0 Å². The molecular formula is C16H9B. The summed E-state index contributed by atoms with van der Waals surface area (Å²) in [6.45, 7) is 0. The van der Waals surface area contributed by atoms with E-state index in [1.54, 1.807) is 0 Å². The predicted molar refractivity (Wildman–Crippen MR) is 73.8 cm³/mol. The minimum absolute atomic E-state index is 0.867. The molecule has 3 aromatic rings. The van der Waals surface area contributed by atoms with E-state index in [1.807, 2.05) is 12.1 Å². The molecule has 0 saturated carbocycles. The quantitative estimate of drug-likeness (QED) is 0.392. The van der Waals surface area contributed by atoms with Gasteiger partial charge in [-0.1, -0.05) is 60.1 Å². The maximum atomic E-state index is 6.13. The summed E-state index contributed by atoms with van der Waals surface area (Å²) < 4.78 is 0. The molecule has 0 amide bonds. The van der Waals surface area contributed by atoms with Crippen LogP contribution in [0.4, 0.5) is 0 Å². The molecule has 76 valence electrons. The third kappa shape index (κ3) is 1.04. The number of fused-ring (bicyclic) bond motifs is 3. The molecule has 0 fully saturated rings. The van der Waals surface area contributed by atoms with Crippen molar-refractivity contribution in [3.8, 4) is 22.3 Å². The van der Waals surface area contributed by atoms with Crippen molar-refractivity contribution in [2.75, 3.05) is 0 Å². The van der Waals surface area contributed by atoms with Crippen LogP contribution in [0.15, 0.2) is 54.6 Å². The SMILES string of the molecule is [B]c1cccc2c1-c1cccc3cccc-2c13. The van der Waals surface area contributed by atoms with Crippen molar-refractivity contribution in [2.24, 2.45) is 0 Å². The fourth-order valence-corrected chi connectivity index (χ4v) is 2.87. The highest BCUT2D eigenvalue weighted by molar-refractivity contribution is 6.39. The van der Waals surface area contributed by atoms with E-state index in [4.69, 9.17) is 7.85 Å². The Morgan fingerprint density at radius 2 is 1.29 bits per heavy atom. The van der Waals surface area contributed by atoms with Crippen molar-refractivity contribution >= 4 is 24.1 Å². The van der Waals surface area contributed by atoms with Gasteiger partial charge in [0.25, 0.3) is 0 Å². The average Bonchev–Trinajstić information content (AvgIpc) is 2.69. The van der Waals surface area contributed by atoms with Gasteiger partial charge < -0.3 is 0 Å². The maximum Gasteiger partial charge on any atom is 0.114 e. The number of hydrogen-bond acceptors (Lipinski definition) is 0. The molecule has 0 nitrogen and oxygen atoms in total. The lowest BCUT2D eigenvalue weighted by molar-refractivity contribution is 1.74. The van der Waals surface area contributed by atoms with Crippen molar-refractivity contribution < 1.29 is 0 Å². The number of rotatable bonds is 0. The molecule has 1 aliphatic carbocycles. The van der Waals surface area contributed by atoms with Crippen LogP contribution in [0.3, 0.4) is 0 Å². The molecule has 0 atom stereocenters. The van der Waals surface area contributed by atoms with E-state index in [0.29, 0.717) is 0 Å². The molecule has 17 heavy (non-hydrogen) atoms. The van der Waals surface area contributed by atoms with E-state index in [2.05, 4.69) is 42.5 Å². The summed E-state index contributed by atoms with van der Waals surface area (Å²) in [5, 5.41) is 2.62. The van der Waals surface area contributed by atoms with Crippen molar-refractivity contribution in [1.82, 2.24) is 0 Å². The summed E-state index contributed by atoms with van der Waals surface area (Å²) in [7, 11) is 6.13. The first kappa shape index (κ1) is 9.06. The van der Waals surface area contributed by atoms with E-state index in [0.717, 1.165) is 5.46 Å². The molecule has 0 aromatic heterocycles. The Labute approximate surface area is 101 Å². The Morgan fingerprint density at radius 3 is 2.12 bits per heavy atom. The lowest BCUT2D eigenvalue weighted by Gasteiger charge is -2.05. The lowest BCUT2D eigenvalue weighted by Crippen LogP contribution is -2.05. The molecule has 0 aliphatic heterocycles. The van der Waals surface area contributed by atoms with Crippen LogP contribution in [-0.2, 0) is 0 Å². The highest BCUT2D eigenvalue weighted by Gasteiger charge is 2.21. The predicted octanol–water partition coefficient (Wildman–Crippen LogP) is 3.28. The fourth-order valence-electron chi connectivity index (χ4n) is 2.87. The molecule has 0 spiro atoms. The zero-order chi connectivity index (χ0) is 11.4. The molecule has 3 aromatic carbocycles. The van der Waals surface area contributed by atoms with Gasteiger partial charge in [0.15, 0.2) is 0 Å². The molecular weight excluding hydrogens is 203 g/mol. The minimum Gasteiger partial charge on any atom is -0.0883 e. The Morgan fingerprint density at radius 1 is 0.647 bits per heavy atom. The normalized spacial score (nSPS) is 11.8. The van der Waals surface area contributed by atoms with Crippen LogP contribution in [0.25, 0.3) is 33.0 Å². The lowest BCUT2D eigenvalue weighted by atomic mass is 9.86. The number of benzene rings is 3. The maximum absolute atomic E-state index is 6.13. The summed E-state index contributed by atoms with van der Waals surface area (Å²) in [6, 6.07) is 19.0. The zero-order valence-electron chi connectivity index (χ0n) is 9.27. The van der Waals surface area contributed by atoms with Gasteiger partial charge in [0.05, 0.1) is 0 Å². The molecule has 1 heteroatoms. The molecule has 4 rings (SSSR count). The van der Waals surface area contributed by atoms with Crippen molar-refractivity contribution in [3.05, 3.63) is 54.6 Å². The Balaban J connectivity index is 2.31. The molecule has 2 radical (unpaired) electrons. The second-order valence-corrected chi connectivity index (χ2v) is 4.48. The Hall–Kier alpha value is -2.02. The minimum atomic E-state index is 0.867. The van der Waals surface area contributed by atoms with Gasteiger partial charge in [-0.05, 0) is 33.0 Å². The van der Waals surface area contributed by atoms with Crippen molar-refractivity contribution in [1.29, 1.82) is 0 Å². The van der Waals surface area contributed by atoms with Gasteiger partial charge >= 0.3 is 0 Å². The topological polar surface area (TPSA) is 0 Å². The van der Waals surface area contributed by atoms with Gasteiger partial charge in [-0.3, -0.25) is 0 Å². The third-order valence-electron chi connectivity index (χ3n) is 3.56. The highest BCUT2D eigenvalue weighted by atomic mass is 14.2. The molecule has 0 N–H and O–H groups in total. The van der Waals surface area contributed by atoms with Crippen LogP contribution < -0.4 is 5.46 Å². The summed E-state index contributed by atoms with van der Waals surface area (Å²) in [4.78, 5) is 0. The first-order valence-electron chi connectivity index (χ1n) is 5.77. The van der Waals surface area contributed by atoms with E-state index in [1.165, 1.54) is 33.0 Å². The molecule has 0 bridgehead atoms. The average molecular weight is 212 g/mol. The second-order valence-electron chi connectivity index (χ2n) is 4.48. The largest absolute Gasteiger partial charge is 0.114 e. The van der Waals surface area contributed by atoms with Crippen LogP contribution >= 0.6 is 0 Å². The standard InChI is InChI=1S/C16H9B/c17-14-9-3-7-12-11-6-1-4-10-5-2-8-13(15(10)11)16(12)14/h1-9H. The molecule has 0 unspecified atom stereocenters. The van der Waals surface area contributed by atoms with Gasteiger partial charge in [-0.25, -0.2) is 0 Å². The van der Waals surface area contributed by atoms with Crippen molar-refractivity contribution in [2.45, 2.75) is 0 Å². The van der Waals surface area contributed by atoms with E-state index >= 15 is 0 Å². The highest BCUT2D eigenvalue weighted by Crippen LogP contribution is 2.45. The zero-order valence-corrected chi connectivity index (χ0v) is 9.27.